The topological polar surface area (TPSA) is 88.5 Å². The number of carboxylic acids is 1. The van der Waals surface area contributed by atoms with E-state index < -0.39 is 33.1 Å². The van der Waals surface area contributed by atoms with Gasteiger partial charge in [0, 0.05) is 0 Å². The minimum absolute atomic E-state index is 0.323. The largest absolute Gasteiger partial charge is 0.480 e. The molecule has 0 atom stereocenters. The molecule has 0 aliphatic rings. The van der Waals surface area contributed by atoms with Crippen LogP contribution in [-0.4, -0.2) is 36.8 Å². The zero-order valence-corrected chi connectivity index (χ0v) is 9.18. The fourth-order valence-electron chi connectivity index (χ4n) is 0.947. The van der Waals surface area contributed by atoms with Crippen LogP contribution in [0.3, 0.4) is 0 Å². The molecule has 1 rings (SSSR count). The number of thiophene rings is 1. The van der Waals surface area contributed by atoms with E-state index in [0.717, 1.165) is 11.3 Å². The highest BCUT2D eigenvalue weighted by molar-refractivity contribution is 7.92. The first-order chi connectivity index (χ1) is 6.91. The van der Waals surface area contributed by atoms with E-state index in [2.05, 4.69) is 0 Å². The van der Waals surface area contributed by atoms with Crippen LogP contribution in [-0.2, 0) is 14.6 Å². The van der Waals surface area contributed by atoms with E-state index in [1.165, 1.54) is 6.07 Å². The molecule has 0 saturated heterocycles. The molecular formula is C8H8O5S2. The van der Waals surface area contributed by atoms with Crippen molar-refractivity contribution in [3.8, 4) is 0 Å². The molecule has 5 nitrogen and oxygen atoms in total. The third kappa shape index (κ3) is 3.80. The van der Waals surface area contributed by atoms with Crippen molar-refractivity contribution in [2.75, 3.05) is 11.5 Å². The van der Waals surface area contributed by atoms with Crippen LogP contribution < -0.4 is 0 Å². The summed E-state index contributed by atoms with van der Waals surface area (Å²) in [4.78, 5) is 21.9. The van der Waals surface area contributed by atoms with Gasteiger partial charge in [0.05, 0.1) is 4.88 Å². The number of rotatable bonds is 5. The van der Waals surface area contributed by atoms with E-state index in [9.17, 15) is 18.0 Å². The van der Waals surface area contributed by atoms with Crippen LogP contribution in [0.15, 0.2) is 17.5 Å². The van der Waals surface area contributed by atoms with Gasteiger partial charge in [0.25, 0.3) is 0 Å². The molecule has 1 aromatic heterocycles. The summed E-state index contributed by atoms with van der Waals surface area (Å²) in [7, 11) is -3.85. The minimum atomic E-state index is -3.85. The summed E-state index contributed by atoms with van der Waals surface area (Å²) in [6.45, 7) is 0. The number of aliphatic carboxylic acids is 1. The molecule has 0 aliphatic heterocycles. The van der Waals surface area contributed by atoms with Crippen LogP contribution in [0, 0.1) is 0 Å². The Morgan fingerprint density at radius 2 is 2.00 bits per heavy atom. The van der Waals surface area contributed by atoms with Crippen LogP contribution in [0.2, 0.25) is 0 Å². The first-order valence-corrected chi connectivity index (χ1v) is 6.60. The quantitative estimate of drug-likeness (QED) is 0.763. The van der Waals surface area contributed by atoms with Gasteiger partial charge in [0.1, 0.15) is 11.5 Å². The fraction of sp³-hybridized carbons (Fsp3) is 0.250. The lowest BCUT2D eigenvalue weighted by Gasteiger charge is -1.98. The molecule has 0 fully saturated rings. The smallest absolute Gasteiger partial charge is 0.318 e. The monoisotopic (exact) mass is 248 g/mol. The molecule has 1 heterocycles. The minimum Gasteiger partial charge on any atom is -0.480 e. The lowest BCUT2D eigenvalue weighted by molar-refractivity contribution is -0.134. The van der Waals surface area contributed by atoms with E-state index >= 15 is 0 Å². The van der Waals surface area contributed by atoms with E-state index in [1.54, 1.807) is 11.4 Å². The Morgan fingerprint density at radius 1 is 1.33 bits per heavy atom. The third-order valence-electron chi connectivity index (χ3n) is 1.49. The van der Waals surface area contributed by atoms with Crippen molar-refractivity contribution in [1.29, 1.82) is 0 Å². The van der Waals surface area contributed by atoms with Crippen molar-refractivity contribution in [3.05, 3.63) is 22.4 Å². The van der Waals surface area contributed by atoms with Crippen molar-refractivity contribution >= 4 is 32.9 Å². The molecule has 0 aliphatic carbocycles. The number of carbonyl (C=O) groups excluding carboxylic acids is 1. The number of carbonyl (C=O) groups is 2. The van der Waals surface area contributed by atoms with Gasteiger partial charge in [-0.25, -0.2) is 8.42 Å². The second kappa shape index (κ2) is 4.54. The molecule has 0 aromatic carbocycles. The van der Waals surface area contributed by atoms with Crippen molar-refractivity contribution in [2.24, 2.45) is 0 Å². The normalized spacial score (nSPS) is 11.2. The number of carboxylic acid groups (broad SMARTS) is 1. The Balaban J connectivity index is 2.71. The molecule has 0 unspecified atom stereocenters. The number of Topliss-reactive ketones (excluding diaryl/α,β-unsaturated/α-hetero) is 1. The fourth-order valence-corrected chi connectivity index (χ4v) is 2.74. The highest BCUT2D eigenvalue weighted by Crippen LogP contribution is 2.10. The third-order valence-corrected chi connectivity index (χ3v) is 3.79. The van der Waals surface area contributed by atoms with Gasteiger partial charge in [-0.3, -0.25) is 9.59 Å². The van der Waals surface area contributed by atoms with Gasteiger partial charge in [-0.1, -0.05) is 6.07 Å². The van der Waals surface area contributed by atoms with Crippen LogP contribution >= 0.6 is 11.3 Å². The molecule has 82 valence electrons. The zero-order valence-electron chi connectivity index (χ0n) is 7.54. The van der Waals surface area contributed by atoms with Crippen LogP contribution in [0.1, 0.15) is 9.67 Å². The van der Waals surface area contributed by atoms with Crippen molar-refractivity contribution in [2.45, 2.75) is 0 Å². The van der Waals surface area contributed by atoms with Crippen LogP contribution in [0.4, 0.5) is 0 Å². The summed E-state index contributed by atoms with van der Waals surface area (Å²) in [6, 6.07) is 3.13. The van der Waals surface area contributed by atoms with Gasteiger partial charge in [0.2, 0.25) is 0 Å². The molecule has 0 bridgehead atoms. The maximum absolute atomic E-state index is 11.3. The lowest BCUT2D eigenvalue weighted by atomic mass is 10.4. The van der Waals surface area contributed by atoms with Gasteiger partial charge in [-0.2, -0.15) is 0 Å². The van der Waals surface area contributed by atoms with Gasteiger partial charge in [-0.05, 0) is 11.4 Å². The van der Waals surface area contributed by atoms with E-state index in [1.807, 2.05) is 0 Å². The summed E-state index contributed by atoms with van der Waals surface area (Å²) in [5.74, 6) is -3.77. The Bertz CT molecular complexity index is 457. The zero-order chi connectivity index (χ0) is 11.5. The van der Waals surface area contributed by atoms with E-state index in [0.29, 0.717) is 4.88 Å². The van der Waals surface area contributed by atoms with Gasteiger partial charge in [-0.15, -0.1) is 11.3 Å². The first-order valence-electron chi connectivity index (χ1n) is 3.89. The van der Waals surface area contributed by atoms with Crippen molar-refractivity contribution < 1.29 is 23.1 Å². The highest BCUT2D eigenvalue weighted by Gasteiger charge is 2.21. The average molecular weight is 248 g/mol. The highest BCUT2D eigenvalue weighted by atomic mass is 32.2. The number of ketones is 1. The second-order valence-electron chi connectivity index (χ2n) is 2.83. The Morgan fingerprint density at radius 3 is 2.47 bits per heavy atom. The van der Waals surface area contributed by atoms with Crippen molar-refractivity contribution in [3.63, 3.8) is 0 Å². The molecule has 0 radical (unpaired) electrons. The summed E-state index contributed by atoms with van der Waals surface area (Å²) < 4.78 is 22.3. The Labute approximate surface area is 90.3 Å². The first kappa shape index (κ1) is 11.9. The SMILES string of the molecule is O=C(O)CS(=O)(=O)CC(=O)c1cccs1. The number of hydrogen-bond donors (Lipinski definition) is 1. The standard InChI is InChI=1S/C8H8O5S2/c9-6(7-2-1-3-14-7)4-15(12,13)5-8(10)11/h1-3H,4-5H2,(H,10,11). The molecule has 0 saturated carbocycles. The van der Waals surface area contributed by atoms with E-state index in [-0.39, 0.29) is 0 Å². The number of hydrogen-bond acceptors (Lipinski definition) is 5. The molecule has 1 aromatic rings. The molecular weight excluding hydrogens is 240 g/mol. The predicted molar refractivity (Wildman–Crippen MR) is 54.9 cm³/mol. The summed E-state index contributed by atoms with van der Waals surface area (Å²) >= 11 is 1.13. The van der Waals surface area contributed by atoms with E-state index in [4.69, 9.17) is 5.11 Å². The maximum Gasteiger partial charge on any atom is 0.318 e. The van der Waals surface area contributed by atoms with Crippen LogP contribution in [0.25, 0.3) is 0 Å². The van der Waals surface area contributed by atoms with Crippen LogP contribution in [0.5, 0.6) is 0 Å². The molecule has 15 heavy (non-hydrogen) atoms. The maximum atomic E-state index is 11.3. The molecule has 1 N–H and O–H groups in total. The van der Waals surface area contributed by atoms with Crippen molar-refractivity contribution in [1.82, 2.24) is 0 Å². The summed E-state index contributed by atoms with van der Waals surface area (Å²) in [5.41, 5.74) is 0. The number of sulfone groups is 1. The average Bonchev–Trinajstić information content (AvgIpc) is 2.50. The molecule has 7 heteroatoms. The Hall–Kier alpha value is -1.21. The van der Waals surface area contributed by atoms with Gasteiger partial charge >= 0.3 is 5.97 Å². The molecule has 0 spiro atoms. The van der Waals surface area contributed by atoms with Gasteiger partial charge < -0.3 is 5.11 Å². The second-order valence-corrected chi connectivity index (χ2v) is 5.84. The summed E-state index contributed by atoms with van der Waals surface area (Å²) in [5, 5.41) is 9.95. The lowest BCUT2D eigenvalue weighted by Crippen LogP contribution is -2.23. The summed E-state index contributed by atoms with van der Waals surface area (Å²) in [6.07, 6.45) is 0. The molecule has 0 amide bonds. The Kier molecular flexibility index (Phi) is 3.59. The predicted octanol–water partition coefficient (Wildman–Crippen LogP) is 0.430. The van der Waals surface area contributed by atoms with Gasteiger partial charge in [0.15, 0.2) is 15.6 Å².